The molecule has 0 aliphatic heterocycles. The quantitative estimate of drug-likeness (QED) is 0.640. The normalized spacial score (nSPS) is 16.1. The van der Waals surface area contributed by atoms with Gasteiger partial charge in [0.1, 0.15) is 0 Å². The number of nitrogens with one attached hydrogen (secondary N) is 2. The first kappa shape index (κ1) is 15.8. The van der Waals surface area contributed by atoms with Gasteiger partial charge in [-0.2, -0.15) is 15.0 Å². The Balaban J connectivity index is 2.02. The van der Waals surface area contributed by atoms with Crippen LogP contribution in [0.5, 0.6) is 6.01 Å². The highest BCUT2D eigenvalue weighted by molar-refractivity contribution is 5.36. The lowest BCUT2D eigenvalue weighted by Gasteiger charge is -2.36. The first-order chi connectivity index (χ1) is 10.1. The van der Waals surface area contributed by atoms with Crippen LogP contribution in [0.25, 0.3) is 0 Å². The first-order valence-corrected chi connectivity index (χ1v) is 7.74. The van der Waals surface area contributed by atoms with Crippen LogP contribution in [-0.2, 0) is 0 Å². The summed E-state index contributed by atoms with van der Waals surface area (Å²) in [6.45, 7) is 5.93. The second kappa shape index (κ2) is 7.40. The molecule has 0 bridgehead atoms. The van der Waals surface area contributed by atoms with E-state index in [1.807, 2.05) is 6.92 Å². The largest absolute Gasteiger partial charge is 0.463 e. The number of rotatable bonds is 9. The molecule has 0 saturated heterocycles. The minimum Gasteiger partial charge on any atom is -0.463 e. The van der Waals surface area contributed by atoms with Gasteiger partial charge in [-0.1, -0.05) is 13.8 Å². The van der Waals surface area contributed by atoms with Crippen LogP contribution >= 0.6 is 0 Å². The third-order valence-corrected chi connectivity index (χ3v) is 3.44. The number of aromatic nitrogens is 3. The molecule has 1 fully saturated rings. The second-order valence-corrected chi connectivity index (χ2v) is 5.47. The maximum atomic E-state index is 10.1. The van der Waals surface area contributed by atoms with Crippen LogP contribution in [0.1, 0.15) is 46.0 Å². The number of nitrogens with zero attached hydrogens (tertiary/aromatic N) is 3. The molecule has 1 saturated carbocycles. The minimum absolute atomic E-state index is 0.313. The van der Waals surface area contributed by atoms with Crippen LogP contribution in [0.4, 0.5) is 11.9 Å². The molecule has 1 heterocycles. The molecule has 2 rings (SSSR count). The third kappa shape index (κ3) is 4.70. The van der Waals surface area contributed by atoms with Crippen molar-refractivity contribution in [2.45, 2.75) is 51.6 Å². The van der Waals surface area contributed by atoms with Gasteiger partial charge in [-0.05, 0) is 32.1 Å². The molecule has 0 radical (unpaired) electrons. The van der Waals surface area contributed by atoms with E-state index in [4.69, 9.17) is 4.74 Å². The monoisotopic (exact) mass is 295 g/mol. The molecule has 0 atom stereocenters. The molecule has 7 nitrogen and oxygen atoms in total. The van der Waals surface area contributed by atoms with Crippen molar-refractivity contribution < 1.29 is 9.84 Å². The van der Waals surface area contributed by atoms with Gasteiger partial charge in [0, 0.05) is 13.1 Å². The van der Waals surface area contributed by atoms with Crippen LogP contribution in [0.3, 0.4) is 0 Å². The van der Waals surface area contributed by atoms with E-state index < -0.39 is 5.60 Å². The number of ether oxygens (including phenoxy) is 1. The highest BCUT2D eigenvalue weighted by atomic mass is 16.5. The molecule has 118 valence electrons. The molecule has 7 heteroatoms. The molecule has 3 N–H and O–H groups in total. The third-order valence-electron chi connectivity index (χ3n) is 3.44. The van der Waals surface area contributed by atoms with Crippen LogP contribution in [-0.4, -0.2) is 45.4 Å². The van der Waals surface area contributed by atoms with E-state index in [0.717, 1.165) is 38.6 Å². The average molecular weight is 295 g/mol. The maximum absolute atomic E-state index is 10.1. The van der Waals surface area contributed by atoms with Crippen molar-refractivity contribution in [3.63, 3.8) is 0 Å². The van der Waals surface area contributed by atoms with E-state index in [9.17, 15) is 5.11 Å². The molecule has 1 aliphatic carbocycles. The highest BCUT2D eigenvalue weighted by Gasteiger charge is 2.34. The van der Waals surface area contributed by atoms with Gasteiger partial charge in [-0.15, -0.1) is 0 Å². The predicted molar refractivity (Wildman–Crippen MR) is 81.7 cm³/mol. The Morgan fingerprint density at radius 3 is 2.38 bits per heavy atom. The summed E-state index contributed by atoms with van der Waals surface area (Å²) in [5.74, 6) is 0.941. The van der Waals surface area contributed by atoms with Crippen molar-refractivity contribution >= 4 is 11.9 Å². The van der Waals surface area contributed by atoms with Crippen LogP contribution < -0.4 is 15.4 Å². The number of hydrogen-bond donors (Lipinski definition) is 3. The fourth-order valence-corrected chi connectivity index (χ4v) is 2.01. The fourth-order valence-electron chi connectivity index (χ4n) is 2.01. The van der Waals surface area contributed by atoms with Crippen molar-refractivity contribution in [2.75, 3.05) is 30.3 Å². The van der Waals surface area contributed by atoms with E-state index in [1.54, 1.807) is 0 Å². The molecular weight excluding hydrogens is 270 g/mol. The lowest BCUT2D eigenvalue weighted by atomic mass is 9.80. The molecular formula is C14H25N5O2. The Kier molecular flexibility index (Phi) is 5.55. The Bertz CT molecular complexity index is 425. The van der Waals surface area contributed by atoms with Gasteiger partial charge in [-0.3, -0.25) is 0 Å². The molecule has 1 aliphatic rings. The molecule has 0 amide bonds. The van der Waals surface area contributed by atoms with E-state index in [2.05, 4.69) is 32.5 Å². The average Bonchev–Trinajstić information content (AvgIpc) is 2.47. The number of hydrogen-bond acceptors (Lipinski definition) is 7. The van der Waals surface area contributed by atoms with E-state index in [1.165, 1.54) is 0 Å². The van der Waals surface area contributed by atoms with Gasteiger partial charge in [-0.25, -0.2) is 0 Å². The smallest absolute Gasteiger partial charge is 0.323 e. The summed E-state index contributed by atoms with van der Waals surface area (Å²) in [5, 5.41) is 16.3. The minimum atomic E-state index is -0.617. The van der Waals surface area contributed by atoms with E-state index >= 15 is 0 Å². The predicted octanol–water partition coefficient (Wildman–Crippen LogP) is 1.81. The lowest BCUT2D eigenvalue weighted by Crippen LogP contribution is -2.43. The Hall–Kier alpha value is -1.63. The summed E-state index contributed by atoms with van der Waals surface area (Å²) in [6, 6.07) is 0.313. The summed E-state index contributed by atoms with van der Waals surface area (Å²) in [4.78, 5) is 12.8. The van der Waals surface area contributed by atoms with Crippen LogP contribution in [0.2, 0.25) is 0 Å². The Morgan fingerprint density at radius 2 is 1.81 bits per heavy atom. The standard InChI is InChI=1S/C14H25N5O2/c1-3-8-15-11-17-12(16-10-14(20)6-5-7-14)19-13(18-11)21-9-4-2/h20H,3-10H2,1-2H3,(H2,15,16,17,18,19). The summed E-state index contributed by atoms with van der Waals surface area (Å²) >= 11 is 0. The zero-order valence-corrected chi connectivity index (χ0v) is 12.9. The molecule has 0 spiro atoms. The van der Waals surface area contributed by atoms with Gasteiger partial charge in [0.15, 0.2) is 0 Å². The van der Waals surface area contributed by atoms with Gasteiger partial charge < -0.3 is 20.5 Å². The summed E-state index contributed by atoms with van der Waals surface area (Å²) < 4.78 is 5.48. The molecule has 21 heavy (non-hydrogen) atoms. The van der Waals surface area contributed by atoms with Gasteiger partial charge >= 0.3 is 6.01 Å². The van der Waals surface area contributed by atoms with E-state index in [-0.39, 0.29) is 0 Å². The van der Waals surface area contributed by atoms with Crippen molar-refractivity contribution in [3.8, 4) is 6.01 Å². The SMILES string of the molecule is CCCNc1nc(NCC2(O)CCC2)nc(OCCC)n1. The topological polar surface area (TPSA) is 92.2 Å². The van der Waals surface area contributed by atoms with Gasteiger partial charge in [0.05, 0.1) is 12.2 Å². The summed E-state index contributed by atoms with van der Waals surface area (Å²) in [6.07, 6.45) is 4.60. The van der Waals surface area contributed by atoms with E-state index in [0.29, 0.717) is 31.1 Å². The number of aliphatic hydroxyl groups is 1. The van der Waals surface area contributed by atoms with Crippen molar-refractivity contribution in [1.82, 2.24) is 15.0 Å². The van der Waals surface area contributed by atoms with Crippen molar-refractivity contribution in [2.24, 2.45) is 0 Å². The molecule has 0 unspecified atom stereocenters. The number of anilines is 2. The summed E-state index contributed by atoms with van der Waals surface area (Å²) in [7, 11) is 0. The highest BCUT2D eigenvalue weighted by Crippen LogP contribution is 2.31. The Labute approximate surface area is 125 Å². The molecule has 1 aromatic heterocycles. The van der Waals surface area contributed by atoms with Crippen molar-refractivity contribution in [1.29, 1.82) is 0 Å². The molecule has 1 aromatic rings. The van der Waals surface area contributed by atoms with Crippen LogP contribution in [0.15, 0.2) is 0 Å². The lowest BCUT2D eigenvalue weighted by molar-refractivity contribution is -0.0203. The zero-order valence-electron chi connectivity index (χ0n) is 12.9. The summed E-state index contributed by atoms with van der Waals surface area (Å²) in [5.41, 5.74) is -0.617. The second-order valence-electron chi connectivity index (χ2n) is 5.47. The first-order valence-electron chi connectivity index (χ1n) is 7.74. The van der Waals surface area contributed by atoms with Crippen molar-refractivity contribution in [3.05, 3.63) is 0 Å². The zero-order chi connectivity index (χ0) is 15.1. The van der Waals surface area contributed by atoms with Gasteiger partial charge in [0.25, 0.3) is 0 Å². The van der Waals surface area contributed by atoms with Gasteiger partial charge in [0.2, 0.25) is 11.9 Å². The fraction of sp³-hybridized carbons (Fsp3) is 0.786. The van der Waals surface area contributed by atoms with Crippen LogP contribution in [0, 0.1) is 0 Å². The molecule has 0 aromatic carbocycles. The maximum Gasteiger partial charge on any atom is 0.323 e. The Morgan fingerprint density at radius 1 is 1.10 bits per heavy atom.